The minimum atomic E-state index is -3.47. The Labute approximate surface area is 121 Å². The highest BCUT2D eigenvalue weighted by Crippen LogP contribution is 1.99. The van der Waals surface area contributed by atoms with Gasteiger partial charge in [0.1, 0.15) is 0 Å². The molecule has 0 aromatic carbocycles. The van der Waals surface area contributed by atoms with E-state index >= 15 is 0 Å². The standard InChI is InChI=1S/C12H23N5O2S/c1-4-13-6-5-7-17(3)20(18,19)16-10-12-9-14-11(2)8-15-12/h8-9,13,16H,4-7,10H2,1-3H3. The van der Waals surface area contributed by atoms with Gasteiger partial charge in [0.15, 0.2) is 0 Å². The van der Waals surface area contributed by atoms with Crippen molar-refractivity contribution in [3.05, 3.63) is 23.8 Å². The molecule has 0 radical (unpaired) electrons. The number of aromatic nitrogens is 2. The molecule has 1 aromatic rings. The van der Waals surface area contributed by atoms with Crippen LogP contribution in [-0.4, -0.2) is 49.4 Å². The van der Waals surface area contributed by atoms with Crippen LogP contribution in [0.1, 0.15) is 24.7 Å². The van der Waals surface area contributed by atoms with E-state index in [0.29, 0.717) is 12.2 Å². The number of nitrogens with zero attached hydrogens (tertiary/aromatic N) is 3. The molecule has 114 valence electrons. The largest absolute Gasteiger partial charge is 0.317 e. The number of aryl methyl sites for hydroxylation is 1. The summed E-state index contributed by atoms with van der Waals surface area (Å²) in [5, 5.41) is 3.16. The highest BCUT2D eigenvalue weighted by Gasteiger charge is 2.16. The van der Waals surface area contributed by atoms with Crippen molar-refractivity contribution in [1.29, 1.82) is 0 Å². The molecular weight excluding hydrogens is 278 g/mol. The molecular formula is C12H23N5O2S. The molecule has 7 nitrogen and oxygen atoms in total. The molecule has 0 aliphatic rings. The molecule has 0 unspecified atom stereocenters. The van der Waals surface area contributed by atoms with Gasteiger partial charge in [0, 0.05) is 19.8 Å². The molecule has 1 rings (SSSR count). The Morgan fingerprint density at radius 3 is 2.65 bits per heavy atom. The zero-order chi connectivity index (χ0) is 15.0. The van der Waals surface area contributed by atoms with Crippen molar-refractivity contribution in [3.63, 3.8) is 0 Å². The van der Waals surface area contributed by atoms with Crippen LogP contribution in [0, 0.1) is 6.92 Å². The summed E-state index contributed by atoms with van der Waals surface area (Å²) < 4.78 is 27.8. The molecule has 2 N–H and O–H groups in total. The van der Waals surface area contributed by atoms with Crippen molar-refractivity contribution in [3.8, 4) is 0 Å². The third kappa shape index (κ3) is 5.91. The molecule has 8 heteroatoms. The summed E-state index contributed by atoms with van der Waals surface area (Å²) in [4.78, 5) is 8.18. The molecule has 0 bridgehead atoms. The van der Waals surface area contributed by atoms with E-state index < -0.39 is 10.2 Å². The Balaban J connectivity index is 2.42. The lowest BCUT2D eigenvalue weighted by atomic mass is 10.4. The third-order valence-electron chi connectivity index (χ3n) is 2.76. The van der Waals surface area contributed by atoms with E-state index in [2.05, 4.69) is 20.0 Å². The number of rotatable bonds is 9. The van der Waals surface area contributed by atoms with Crippen LogP contribution in [0.5, 0.6) is 0 Å². The number of hydrogen-bond acceptors (Lipinski definition) is 5. The first-order valence-electron chi connectivity index (χ1n) is 6.65. The SMILES string of the molecule is CCNCCCN(C)S(=O)(=O)NCc1cnc(C)cn1. The van der Waals surface area contributed by atoms with Gasteiger partial charge in [0.2, 0.25) is 0 Å². The molecule has 1 aromatic heterocycles. The molecule has 0 saturated heterocycles. The maximum absolute atomic E-state index is 12.0. The predicted molar refractivity (Wildman–Crippen MR) is 78.3 cm³/mol. The summed E-state index contributed by atoms with van der Waals surface area (Å²) in [7, 11) is -1.90. The molecule has 0 aliphatic heterocycles. The van der Waals surface area contributed by atoms with Gasteiger partial charge in [-0.15, -0.1) is 0 Å². The zero-order valence-corrected chi connectivity index (χ0v) is 13.1. The van der Waals surface area contributed by atoms with Crippen LogP contribution in [0.15, 0.2) is 12.4 Å². The van der Waals surface area contributed by atoms with Crippen molar-refractivity contribution < 1.29 is 8.42 Å². The highest BCUT2D eigenvalue weighted by molar-refractivity contribution is 7.87. The van der Waals surface area contributed by atoms with Crippen LogP contribution in [0.2, 0.25) is 0 Å². The molecule has 0 spiro atoms. The van der Waals surface area contributed by atoms with Crippen molar-refractivity contribution in [2.75, 3.05) is 26.7 Å². The Morgan fingerprint density at radius 1 is 1.30 bits per heavy atom. The highest BCUT2D eigenvalue weighted by atomic mass is 32.2. The molecule has 0 saturated carbocycles. The second kappa shape index (κ2) is 8.25. The van der Waals surface area contributed by atoms with Crippen molar-refractivity contribution in [1.82, 2.24) is 24.3 Å². The van der Waals surface area contributed by atoms with Gasteiger partial charge < -0.3 is 5.32 Å². The average Bonchev–Trinajstić information content (AvgIpc) is 2.43. The monoisotopic (exact) mass is 301 g/mol. The summed E-state index contributed by atoms with van der Waals surface area (Å²) in [5.41, 5.74) is 1.40. The lowest BCUT2D eigenvalue weighted by Crippen LogP contribution is -2.39. The molecule has 20 heavy (non-hydrogen) atoms. The maximum Gasteiger partial charge on any atom is 0.279 e. The molecule has 1 heterocycles. The summed E-state index contributed by atoms with van der Waals surface area (Å²) in [6.45, 7) is 6.17. The van der Waals surface area contributed by atoms with Crippen LogP contribution >= 0.6 is 0 Å². The fraction of sp³-hybridized carbons (Fsp3) is 0.667. The fourth-order valence-corrected chi connectivity index (χ4v) is 2.43. The van der Waals surface area contributed by atoms with Gasteiger partial charge in [-0.25, -0.2) is 0 Å². The average molecular weight is 301 g/mol. The van der Waals surface area contributed by atoms with Gasteiger partial charge >= 0.3 is 0 Å². The molecule has 0 amide bonds. The van der Waals surface area contributed by atoms with Gasteiger partial charge in [-0.2, -0.15) is 17.4 Å². The van der Waals surface area contributed by atoms with Crippen molar-refractivity contribution in [2.45, 2.75) is 26.8 Å². The van der Waals surface area contributed by atoms with Crippen molar-refractivity contribution >= 4 is 10.2 Å². The van der Waals surface area contributed by atoms with Crippen LogP contribution in [0.3, 0.4) is 0 Å². The van der Waals surface area contributed by atoms with Gasteiger partial charge in [-0.3, -0.25) is 9.97 Å². The summed E-state index contributed by atoms with van der Waals surface area (Å²) >= 11 is 0. The lowest BCUT2D eigenvalue weighted by Gasteiger charge is -2.17. The summed E-state index contributed by atoms with van der Waals surface area (Å²) in [6, 6.07) is 0. The Hall–Kier alpha value is -1.09. The minimum absolute atomic E-state index is 0.146. The molecule has 0 fully saturated rings. The van der Waals surface area contributed by atoms with Gasteiger partial charge in [-0.05, 0) is 26.4 Å². The van der Waals surface area contributed by atoms with Crippen LogP contribution in [0.4, 0.5) is 0 Å². The Bertz CT molecular complexity index is 489. The second-order valence-electron chi connectivity index (χ2n) is 4.50. The summed E-state index contributed by atoms with van der Waals surface area (Å²) in [5.74, 6) is 0. The Kier molecular flexibility index (Phi) is 7.00. The normalized spacial score (nSPS) is 12.0. The van der Waals surface area contributed by atoms with E-state index in [1.165, 1.54) is 4.31 Å². The first-order chi connectivity index (χ1) is 9.45. The van der Waals surface area contributed by atoms with Gasteiger partial charge in [0.05, 0.1) is 24.1 Å². The van der Waals surface area contributed by atoms with E-state index in [9.17, 15) is 8.42 Å². The number of nitrogens with one attached hydrogen (secondary N) is 2. The number of hydrogen-bond donors (Lipinski definition) is 2. The van der Waals surface area contributed by atoms with Gasteiger partial charge in [0.25, 0.3) is 10.2 Å². The van der Waals surface area contributed by atoms with Crippen LogP contribution < -0.4 is 10.0 Å². The predicted octanol–water partition coefficient (Wildman–Crippen LogP) is 0.0508. The van der Waals surface area contributed by atoms with E-state index in [4.69, 9.17) is 0 Å². The van der Waals surface area contributed by atoms with E-state index in [-0.39, 0.29) is 6.54 Å². The minimum Gasteiger partial charge on any atom is -0.317 e. The Morgan fingerprint density at radius 2 is 2.05 bits per heavy atom. The quantitative estimate of drug-likeness (QED) is 0.629. The lowest BCUT2D eigenvalue weighted by molar-refractivity contribution is 0.445. The second-order valence-corrected chi connectivity index (χ2v) is 6.37. The smallest absolute Gasteiger partial charge is 0.279 e. The molecule has 0 atom stereocenters. The molecule has 0 aliphatic carbocycles. The van der Waals surface area contributed by atoms with E-state index in [0.717, 1.165) is 25.2 Å². The summed E-state index contributed by atoms with van der Waals surface area (Å²) in [6.07, 6.45) is 3.96. The van der Waals surface area contributed by atoms with Gasteiger partial charge in [-0.1, -0.05) is 6.92 Å². The van der Waals surface area contributed by atoms with Crippen LogP contribution in [0.25, 0.3) is 0 Å². The topological polar surface area (TPSA) is 87.2 Å². The third-order valence-corrected chi connectivity index (χ3v) is 4.27. The van der Waals surface area contributed by atoms with Crippen molar-refractivity contribution in [2.24, 2.45) is 0 Å². The van der Waals surface area contributed by atoms with Crippen LogP contribution in [-0.2, 0) is 16.8 Å². The maximum atomic E-state index is 12.0. The first-order valence-corrected chi connectivity index (χ1v) is 8.09. The fourth-order valence-electron chi connectivity index (χ4n) is 1.51. The zero-order valence-electron chi connectivity index (χ0n) is 12.3. The van der Waals surface area contributed by atoms with E-state index in [1.807, 2.05) is 13.8 Å². The first kappa shape index (κ1) is 17.0. The van der Waals surface area contributed by atoms with E-state index in [1.54, 1.807) is 19.4 Å².